The molecule has 0 heterocycles. The molecule has 0 bridgehead atoms. The lowest BCUT2D eigenvalue weighted by Gasteiger charge is -2.51. The number of nitrogens with zero attached hydrogens (tertiary/aromatic N) is 2. The van der Waals surface area contributed by atoms with E-state index in [1.165, 1.54) is 38.3 Å². The number of hydrogen-bond acceptors (Lipinski definition) is 2. The molecule has 0 aromatic rings. The molecule has 0 aliphatic rings. The Bertz CT molecular complexity index is 250. The first kappa shape index (κ1) is 23.1. The monoisotopic (exact) mass is 342 g/mol. The predicted molar refractivity (Wildman–Crippen MR) is 109 cm³/mol. The highest BCUT2D eigenvalue weighted by Crippen LogP contribution is 2.29. The van der Waals surface area contributed by atoms with E-state index in [2.05, 4.69) is 78.4 Å². The highest BCUT2D eigenvalue weighted by Gasteiger charge is 2.43. The molecule has 0 fully saturated rings. The second kappa shape index (κ2) is 10.9. The van der Waals surface area contributed by atoms with Gasteiger partial charge in [-0.2, -0.15) is 0 Å². The van der Waals surface area contributed by atoms with Crippen LogP contribution < -0.4 is 0 Å². The van der Waals surface area contributed by atoms with Gasteiger partial charge in [0.2, 0.25) is 8.40 Å². The van der Waals surface area contributed by atoms with E-state index in [4.69, 9.17) is 0 Å². The molecule has 0 spiro atoms. The third-order valence-electron chi connectivity index (χ3n) is 4.65. The van der Waals surface area contributed by atoms with Gasteiger partial charge < -0.3 is 9.13 Å². The Kier molecular flexibility index (Phi) is 11.0. The molecule has 0 rings (SSSR count). The van der Waals surface area contributed by atoms with E-state index in [1.807, 2.05) is 0 Å². The van der Waals surface area contributed by atoms with Crippen LogP contribution in [-0.2, 0) is 0 Å². The van der Waals surface area contributed by atoms with Crippen molar-refractivity contribution in [2.24, 2.45) is 23.7 Å². The normalized spacial score (nSPS) is 13.6. The first-order valence-corrected chi connectivity index (χ1v) is 12.4. The van der Waals surface area contributed by atoms with Gasteiger partial charge in [-0.1, -0.05) is 69.2 Å². The quantitative estimate of drug-likeness (QED) is 0.420. The van der Waals surface area contributed by atoms with Crippen LogP contribution in [0, 0.1) is 23.7 Å². The van der Waals surface area contributed by atoms with E-state index >= 15 is 0 Å². The molecule has 0 atom stereocenters. The summed E-state index contributed by atoms with van der Waals surface area (Å²) in [6.45, 7) is 29.0. The molecule has 0 aromatic heterocycles. The molecule has 0 aliphatic carbocycles. The van der Waals surface area contributed by atoms with Crippen LogP contribution in [0.1, 0.15) is 69.2 Å². The van der Waals surface area contributed by atoms with Crippen molar-refractivity contribution in [1.29, 1.82) is 0 Å². The summed E-state index contributed by atoms with van der Waals surface area (Å²) < 4.78 is 5.90. The van der Waals surface area contributed by atoms with Gasteiger partial charge in [0.25, 0.3) is 0 Å². The maximum Gasteiger partial charge on any atom is 0.206 e. The van der Waals surface area contributed by atoms with Gasteiger partial charge in [-0.25, -0.2) is 0 Å². The SMILES string of the molecule is CC[Si](CC)(N(CC(C)C)CC(C)C)N(CC(C)C)CC(C)C. The van der Waals surface area contributed by atoms with E-state index < -0.39 is 8.40 Å². The molecule has 3 heteroatoms. The highest BCUT2D eigenvalue weighted by atomic mass is 28.3. The van der Waals surface area contributed by atoms with Crippen LogP contribution in [0.25, 0.3) is 0 Å². The Morgan fingerprint density at radius 2 is 0.739 bits per heavy atom. The van der Waals surface area contributed by atoms with Crippen LogP contribution in [0.15, 0.2) is 0 Å². The minimum atomic E-state index is -1.59. The molecular formula is C20H46N2Si. The smallest absolute Gasteiger partial charge is 0.206 e. The second-order valence-corrected chi connectivity index (χ2v) is 13.7. The van der Waals surface area contributed by atoms with Crippen LogP contribution in [0.3, 0.4) is 0 Å². The molecule has 0 aliphatic heterocycles. The summed E-state index contributed by atoms with van der Waals surface area (Å²) in [7, 11) is -1.59. The van der Waals surface area contributed by atoms with Crippen molar-refractivity contribution >= 4 is 8.40 Å². The Balaban J connectivity index is 5.70. The lowest BCUT2D eigenvalue weighted by Crippen LogP contribution is -2.67. The first-order chi connectivity index (χ1) is 10.6. The zero-order chi connectivity index (χ0) is 18.2. The van der Waals surface area contributed by atoms with Crippen molar-refractivity contribution in [3.63, 3.8) is 0 Å². The van der Waals surface area contributed by atoms with Gasteiger partial charge in [0.05, 0.1) is 0 Å². The van der Waals surface area contributed by atoms with Gasteiger partial charge in [-0.05, 0) is 61.9 Å². The molecule has 0 radical (unpaired) electrons. The average molecular weight is 343 g/mol. The van der Waals surface area contributed by atoms with Crippen LogP contribution in [0.4, 0.5) is 0 Å². The number of hydrogen-bond donors (Lipinski definition) is 0. The fourth-order valence-corrected chi connectivity index (χ4v) is 9.45. The minimum Gasteiger partial charge on any atom is -0.311 e. The molecule has 0 saturated carbocycles. The zero-order valence-electron chi connectivity index (χ0n) is 17.9. The lowest BCUT2D eigenvalue weighted by molar-refractivity contribution is 0.247. The van der Waals surface area contributed by atoms with Crippen molar-refractivity contribution in [2.45, 2.75) is 81.3 Å². The minimum absolute atomic E-state index is 0.749. The first-order valence-electron chi connectivity index (χ1n) is 10.1. The van der Waals surface area contributed by atoms with Crippen molar-refractivity contribution in [1.82, 2.24) is 9.13 Å². The van der Waals surface area contributed by atoms with Crippen LogP contribution in [-0.4, -0.2) is 43.7 Å². The summed E-state index contributed by atoms with van der Waals surface area (Å²) in [5.41, 5.74) is 0. The summed E-state index contributed by atoms with van der Waals surface area (Å²) >= 11 is 0. The maximum absolute atomic E-state index is 2.95. The van der Waals surface area contributed by atoms with E-state index in [1.54, 1.807) is 0 Å². The van der Waals surface area contributed by atoms with Crippen molar-refractivity contribution in [3.8, 4) is 0 Å². The third kappa shape index (κ3) is 7.70. The summed E-state index contributed by atoms with van der Waals surface area (Å²) in [4.78, 5) is 0. The molecule has 0 amide bonds. The maximum atomic E-state index is 2.95. The Morgan fingerprint density at radius 1 is 0.522 bits per heavy atom. The summed E-state index contributed by atoms with van der Waals surface area (Å²) in [5.74, 6) is 3.00. The van der Waals surface area contributed by atoms with Gasteiger partial charge in [-0.3, -0.25) is 0 Å². The van der Waals surface area contributed by atoms with Gasteiger partial charge in [0.15, 0.2) is 0 Å². The largest absolute Gasteiger partial charge is 0.311 e. The van der Waals surface area contributed by atoms with Crippen LogP contribution in [0.5, 0.6) is 0 Å². The van der Waals surface area contributed by atoms with Crippen LogP contribution >= 0.6 is 0 Å². The molecule has 0 N–H and O–H groups in total. The van der Waals surface area contributed by atoms with E-state index in [0.717, 1.165) is 23.7 Å². The van der Waals surface area contributed by atoms with E-state index in [0.29, 0.717) is 0 Å². The topological polar surface area (TPSA) is 6.48 Å². The summed E-state index contributed by atoms with van der Waals surface area (Å²) in [6.07, 6.45) is 0. The van der Waals surface area contributed by atoms with Gasteiger partial charge >= 0.3 is 0 Å². The number of rotatable bonds is 12. The summed E-state index contributed by atoms with van der Waals surface area (Å²) in [5, 5.41) is 0. The third-order valence-corrected chi connectivity index (χ3v) is 10.0. The Labute approximate surface area is 149 Å². The highest BCUT2D eigenvalue weighted by molar-refractivity contribution is 6.74. The Morgan fingerprint density at radius 3 is 0.870 bits per heavy atom. The van der Waals surface area contributed by atoms with Gasteiger partial charge in [0, 0.05) is 0 Å². The van der Waals surface area contributed by atoms with Crippen molar-refractivity contribution in [3.05, 3.63) is 0 Å². The zero-order valence-corrected chi connectivity index (χ0v) is 18.9. The van der Waals surface area contributed by atoms with Crippen LogP contribution in [0.2, 0.25) is 12.1 Å². The molecule has 0 aromatic carbocycles. The average Bonchev–Trinajstić information content (AvgIpc) is 2.37. The molecule has 0 unspecified atom stereocenters. The predicted octanol–water partition coefficient (Wildman–Crippen LogP) is 5.70. The molecular weight excluding hydrogens is 296 g/mol. The summed E-state index contributed by atoms with van der Waals surface area (Å²) in [6, 6.07) is 2.70. The molecule has 0 saturated heterocycles. The van der Waals surface area contributed by atoms with Gasteiger partial charge in [-0.15, -0.1) is 0 Å². The fourth-order valence-electron chi connectivity index (χ4n) is 3.94. The van der Waals surface area contributed by atoms with Crippen molar-refractivity contribution in [2.75, 3.05) is 26.2 Å². The molecule has 2 nitrogen and oxygen atoms in total. The molecule has 23 heavy (non-hydrogen) atoms. The lowest BCUT2D eigenvalue weighted by atomic mass is 10.2. The second-order valence-electron chi connectivity index (χ2n) is 9.07. The fraction of sp³-hybridized carbons (Fsp3) is 1.00. The van der Waals surface area contributed by atoms with E-state index in [-0.39, 0.29) is 0 Å². The molecule has 140 valence electrons. The standard InChI is InChI=1S/C20H46N2Si/c1-11-23(12-2,21(13-17(3)4)14-18(5)6)22(15-19(7)8)16-20(9)10/h17-20H,11-16H2,1-10H3. The van der Waals surface area contributed by atoms with Gasteiger partial charge in [0.1, 0.15) is 0 Å². The Hall–Kier alpha value is 0.137. The van der Waals surface area contributed by atoms with E-state index in [9.17, 15) is 0 Å². The van der Waals surface area contributed by atoms with Crippen molar-refractivity contribution < 1.29 is 0 Å².